The number of carbonyl (C=O) groups is 2. The molecule has 1 unspecified atom stereocenters. The van der Waals surface area contributed by atoms with E-state index in [4.69, 9.17) is 0 Å². The molecule has 5 heteroatoms. The van der Waals surface area contributed by atoms with Crippen molar-refractivity contribution in [3.8, 4) is 0 Å². The Balaban J connectivity index is 1.36. The van der Waals surface area contributed by atoms with Crippen LogP contribution in [0.2, 0.25) is 0 Å². The molecule has 2 amide bonds. The number of benzene rings is 2. The van der Waals surface area contributed by atoms with Gasteiger partial charge in [0.15, 0.2) is 0 Å². The maximum absolute atomic E-state index is 12.9. The van der Waals surface area contributed by atoms with Crippen LogP contribution in [0, 0.1) is 5.92 Å². The summed E-state index contributed by atoms with van der Waals surface area (Å²) < 4.78 is 0. The van der Waals surface area contributed by atoms with Gasteiger partial charge >= 0.3 is 0 Å². The zero-order chi connectivity index (χ0) is 20.1. The number of anilines is 2. The Bertz CT molecular complexity index is 846. The van der Waals surface area contributed by atoms with Crippen LogP contribution in [0.15, 0.2) is 54.6 Å². The lowest BCUT2D eigenvalue weighted by Gasteiger charge is -2.30. The largest absolute Gasteiger partial charge is 0.370 e. The van der Waals surface area contributed by atoms with Crippen LogP contribution in [0.25, 0.3) is 0 Å². The molecule has 0 aliphatic carbocycles. The summed E-state index contributed by atoms with van der Waals surface area (Å²) in [6.07, 6.45) is 4.77. The van der Waals surface area contributed by atoms with E-state index in [1.54, 1.807) is 0 Å². The van der Waals surface area contributed by atoms with E-state index in [-0.39, 0.29) is 17.7 Å². The first-order valence-corrected chi connectivity index (χ1v) is 10.7. The summed E-state index contributed by atoms with van der Waals surface area (Å²) in [6, 6.07) is 18.2. The predicted molar refractivity (Wildman–Crippen MR) is 116 cm³/mol. The van der Waals surface area contributed by atoms with Crippen molar-refractivity contribution < 1.29 is 9.59 Å². The highest BCUT2D eigenvalue weighted by Gasteiger charge is 2.34. The lowest BCUT2D eigenvalue weighted by Crippen LogP contribution is -2.32. The third-order valence-corrected chi connectivity index (χ3v) is 5.96. The second kappa shape index (κ2) is 9.12. The van der Waals surface area contributed by atoms with Gasteiger partial charge in [0, 0.05) is 32.6 Å². The molecule has 0 bridgehead atoms. The third kappa shape index (κ3) is 4.78. The van der Waals surface area contributed by atoms with E-state index in [9.17, 15) is 9.59 Å². The molecule has 1 N–H and O–H groups in total. The van der Waals surface area contributed by atoms with Gasteiger partial charge in [-0.15, -0.1) is 0 Å². The van der Waals surface area contributed by atoms with Crippen LogP contribution in [-0.4, -0.2) is 42.9 Å². The summed E-state index contributed by atoms with van der Waals surface area (Å²) in [5, 5.41) is 3.11. The van der Waals surface area contributed by atoms with Gasteiger partial charge < -0.3 is 15.1 Å². The van der Waals surface area contributed by atoms with Crippen LogP contribution in [0.5, 0.6) is 0 Å². The zero-order valence-electron chi connectivity index (χ0n) is 16.8. The quantitative estimate of drug-likeness (QED) is 0.817. The maximum atomic E-state index is 12.9. The fourth-order valence-corrected chi connectivity index (χ4v) is 4.30. The van der Waals surface area contributed by atoms with Crippen molar-refractivity contribution in [3.05, 3.63) is 60.2 Å². The summed E-state index contributed by atoms with van der Waals surface area (Å²) in [5.41, 5.74) is 3.16. The fraction of sp³-hybridized carbons (Fsp3) is 0.417. The van der Waals surface area contributed by atoms with E-state index in [2.05, 4.69) is 28.4 Å². The van der Waals surface area contributed by atoms with Crippen molar-refractivity contribution in [2.75, 3.05) is 36.4 Å². The highest BCUT2D eigenvalue weighted by Crippen LogP contribution is 2.29. The van der Waals surface area contributed by atoms with Gasteiger partial charge in [0.05, 0.1) is 17.3 Å². The molecule has 0 spiro atoms. The molecule has 29 heavy (non-hydrogen) atoms. The lowest BCUT2D eigenvalue weighted by atomic mass is 10.1. The molecule has 2 heterocycles. The van der Waals surface area contributed by atoms with Gasteiger partial charge in [-0.2, -0.15) is 0 Å². The summed E-state index contributed by atoms with van der Waals surface area (Å²) >= 11 is 0. The molecule has 2 aromatic carbocycles. The van der Waals surface area contributed by atoms with Crippen molar-refractivity contribution >= 4 is 23.2 Å². The van der Waals surface area contributed by atoms with E-state index < -0.39 is 0 Å². The molecule has 4 rings (SSSR count). The first-order chi connectivity index (χ1) is 14.2. The first-order valence-electron chi connectivity index (χ1n) is 10.7. The van der Waals surface area contributed by atoms with Crippen LogP contribution in [-0.2, 0) is 16.0 Å². The fourth-order valence-electron chi connectivity index (χ4n) is 4.30. The predicted octanol–water partition coefficient (Wildman–Crippen LogP) is 3.71. The molecular formula is C24H29N3O2. The molecule has 2 aliphatic rings. The minimum atomic E-state index is -0.285. The zero-order valence-corrected chi connectivity index (χ0v) is 16.8. The molecule has 5 nitrogen and oxygen atoms in total. The number of rotatable bonds is 6. The number of hydrogen-bond acceptors (Lipinski definition) is 3. The van der Waals surface area contributed by atoms with Crippen LogP contribution < -0.4 is 10.2 Å². The van der Waals surface area contributed by atoms with Gasteiger partial charge in [-0.05, 0) is 43.4 Å². The lowest BCUT2D eigenvalue weighted by molar-refractivity contribution is -0.128. The van der Waals surface area contributed by atoms with Crippen molar-refractivity contribution in [3.63, 3.8) is 0 Å². The van der Waals surface area contributed by atoms with Gasteiger partial charge in [0.25, 0.3) is 0 Å². The smallest absolute Gasteiger partial charge is 0.229 e. The summed E-state index contributed by atoms with van der Waals surface area (Å²) in [4.78, 5) is 29.5. The average molecular weight is 392 g/mol. The van der Waals surface area contributed by atoms with E-state index in [0.29, 0.717) is 19.5 Å². The van der Waals surface area contributed by atoms with Crippen LogP contribution in [0.4, 0.5) is 11.4 Å². The molecule has 0 saturated carbocycles. The molecule has 2 aromatic rings. The molecule has 0 radical (unpaired) electrons. The summed E-state index contributed by atoms with van der Waals surface area (Å²) in [7, 11) is 0. The number of amides is 2. The standard InChI is InChI=1S/C24H29N3O2/c28-23-17-20(18-27(23)16-13-19-9-3-1-4-10-19)24(29)25-21-11-5-6-12-22(21)26-14-7-2-8-15-26/h1,3-6,9-12,20H,2,7-8,13-18H2,(H,25,29). The Kier molecular flexibility index (Phi) is 6.13. The van der Waals surface area contributed by atoms with E-state index in [1.807, 2.05) is 41.3 Å². The topological polar surface area (TPSA) is 52.7 Å². The van der Waals surface area contributed by atoms with Crippen LogP contribution in [0.1, 0.15) is 31.2 Å². The molecule has 0 aromatic heterocycles. The molecular weight excluding hydrogens is 362 g/mol. The van der Waals surface area contributed by atoms with Crippen molar-refractivity contribution in [2.24, 2.45) is 5.92 Å². The van der Waals surface area contributed by atoms with Crippen molar-refractivity contribution in [2.45, 2.75) is 32.1 Å². The van der Waals surface area contributed by atoms with Gasteiger partial charge in [0.1, 0.15) is 0 Å². The molecule has 2 fully saturated rings. The van der Waals surface area contributed by atoms with E-state index >= 15 is 0 Å². The highest BCUT2D eigenvalue weighted by atomic mass is 16.2. The van der Waals surface area contributed by atoms with Crippen molar-refractivity contribution in [1.82, 2.24) is 4.90 Å². The van der Waals surface area contributed by atoms with Crippen molar-refractivity contribution in [1.29, 1.82) is 0 Å². The Morgan fingerprint density at radius 3 is 2.48 bits per heavy atom. The number of para-hydroxylation sites is 2. The number of hydrogen-bond donors (Lipinski definition) is 1. The SMILES string of the molecule is O=C(Nc1ccccc1N1CCCCC1)C1CC(=O)N(CCc2ccccc2)C1. The minimum absolute atomic E-state index is 0.0509. The van der Waals surface area contributed by atoms with Gasteiger partial charge in [-0.25, -0.2) is 0 Å². The summed E-state index contributed by atoms with van der Waals surface area (Å²) in [5.74, 6) is -0.261. The van der Waals surface area contributed by atoms with Crippen LogP contribution in [0.3, 0.4) is 0 Å². The Labute approximate surface area is 172 Å². The molecule has 1 atom stereocenters. The first kappa shape index (κ1) is 19.5. The van der Waals surface area contributed by atoms with E-state index in [1.165, 1.54) is 24.8 Å². The van der Waals surface area contributed by atoms with Gasteiger partial charge in [0.2, 0.25) is 11.8 Å². The third-order valence-electron chi connectivity index (χ3n) is 5.96. The Morgan fingerprint density at radius 2 is 1.69 bits per heavy atom. The number of nitrogens with one attached hydrogen (secondary N) is 1. The molecule has 2 aliphatic heterocycles. The second-order valence-electron chi connectivity index (χ2n) is 8.03. The highest BCUT2D eigenvalue weighted by molar-refractivity contribution is 5.99. The average Bonchev–Trinajstić information content (AvgIpc) is 3.15. The number of nitrogens with zero attached hydrogens (tertiary/aromatic N) is 2. The number of carbonyl (C=O) groups excluding carboxylic acids is 2. The maximum Gasteiger partial charge on any atom is 0.229 e. The second-order valence-corrected chi connectivity index (χ2v) is 8.03. The Morgan fingerprint density at radius 1 is 0.966 bits per heavy atom. The van der Waals surface area contributed by atoms with Gasteiger partial charge in [-0.1, -0.05) is 42.5 Å². The number of piperidine rings is 1. The summed E-state index contributed by atoms with van der Waals surface area (Å²) in [6.45, 7) is 3.23. The van der Waals surface area contributed by atoms with E-state index in [0.717, 1.165) is 30.9 Å². The van der Waals surface area contributed by atoms with Gasteiger partial charge in [-0.3, -0.25) is 9.59 Å². The van der Waals surface area contributed by atoms with Crippen LogP contribution >= 0.6 is 0 Å². The monoisotopic (exact) mass is 391 g/mol. The number of likely N-dealkylation sites (tertiary alicyclic amines) is 1. The molecule has 152 valence electrons. The minimum Gasteiger partial charge on any atom is -0.370 e. The normalized spacial score (nSPS) is 19.4. The Hall–Kier alpha value is -2.82. The molecule has 2 saturated heterocycles.